The molecule has 2 N–H and O–H groups in total. The Morgan fingerprint density at radius 1 is 1.43 bits per heavy atom. The molecule has 1 aromatic heterocycles. The summed E-state index contributed by atoms with van der Waals surface area (Å²) in [7, 11) is 0. The lowest BCUT2D eigenvalue weighted by Crippen LogP contribution is -2.05. The zero-order valence-electron chi connectivity index (χ0n) is 11.2. The maximum Gasteiger partial charge on any atom is 0.312 e. The highest BCUT2D eigenvalue weighted by Crippen LogP contribution is 2.31. The van der Waals surface area contributed by atoms with Gasteiger partial charge in [-0.2, -0.15) is 5.26 Å². The highest BCUT2D eigenvalue weighted by Gasteiger charge is 2.17. The molecular weight excluding hydrogens is 272 g/mol. The van der Waals surface area contributed by atoms with Crippen LogP contribution in [0.2, 0.25) is 0 Å². The normalized spacial score (nSPS) is 11.5. The molecule has 0 saturated heterocycles. The van der Waals surface area contributed by atoms with Gasteiger partial charge >= 0.3 is 5.69 Å². The summed E-state index contributed by atoms with van der Waals surface area (Å²) in [5.41, 5.74) is 6.45. The van der Waals surface area contributed by atoms with E-state index in [0.717, 1.165) is 11.6 Å². The van der Waals surface area contributed by atoms with Crippen molar-refractivity contribution in [1.29, 1.82) is 5.26 Å². The second kappa shape index (κ2) is 5.98. The minimum absolute atomic E-state index is 0.0278. The lowest BCUT2D eigenvalue weighted by Gasteiger charge is -2.08. The van der Waals surface area contributed by atoms with Crippen molar-refractivity contribution >= 4 is 5.69 Å². The summed E-state index contributed by atoms with van der Waals surface area (Å²) in [5.74, 6) is 0.243. The molecule has 1 aromatic carbocycles. The summed E-state index contributed by atoms with van der Waals surface area (Å²) in [6.45, 7) is 1.82. The van der Waals surface area contributed by atoms with E-state index in [2.05, 4.69) is 4.98 Å². The van der Waals surface area contributed by atoms with Crippen LogP contribution in [0.1, 0.15) is 24.1 Å². The molecule has 0 bridgehead atoms. The predicted octanol–water partition coefficient (Wildman–Crippen LogP) is 2.67. The first-order chi connectivity index (χ1) is 10.0. The Bertz CT molecular complexity index is 705. The van der Waals surface area contributed by atoms with Crippen molar-refractivity contribution in [3.05, 3.63) is 57.8 Å². The number of aromatic nitrogens is 1. The minimum atomic E-state index is -0.605. The van der Waals surface area contributed by atoms with E-state index in [0.29, 0.717) is 0 Å². The van der Waals surface area contributed by atoms with Gasteiger partial charge in [0.05, 0.1) is 16.6 Å². The molecule has 2 aromatic rings. The molecule has 0 spiro atoms. The summed E-state index contributed by atoms with van der Waals surface area (Å²) < 4.78 is 5.40. The standard InChI is InChI=1S/C14H12N4O3/c1-9(16)11-3-5-14(17-8-11)21-13-4-2-10(7-15)6-12(13)18(19)20/h2-6,8-9H,16H2,1H3/t9-/m1/s1. The van der Waals surface area contributed by atoms with Crippen molar-refractivity contribution in [1.82, 2.24) is 4.98 Å². The molecule has 0 saturated carbocycles. The van der Waals surface area contributed by atoms with Crippen LogP contribution in [-0.4, -0.2) is 9.91 Å². The van der Waals surface area contributed by atoms with E-state index >= 15 is 0 Å². The van der Waals surface area contributed by atoms with Gasteiger partial charge in [-0.05, 0) is 24.6 Å². The Kier molecular flexibility index (Phi) is 4.11. The summed E-state index contributed by atoms with van der Waals surface area (Å²) in [6.07, 6.45) is 1.55. The average Bonchev–Trinajstić information content (AvgIpc) is 2.48. The Morgan fingerprint density at radius 3 is 2.71 bits per heavy atom. The summed E-state index contributed by atoms with van der Waals surface area (Å²) >= 11 is 0. The third-order valence-corrected chi connectivity index (χ3v) is 2.78. The highest BCUT2D eigenvalue weighted by molar-refractivity contribution is 5.52. The van der Waals surface area contributed by atoms with Crippen LogP contribution in [0.4, 0.5) is 5.69 Å². The molecule has 2 rings (SSSR count). The number of ether oxygens (including phenoxy) is 1. The van der Waals surface area contributed by atoms with E-state index in [4.69, 9.17) is 15.7 Å². The van der Waals surface area contributed by atoms with Gasteiger partial charge in [0.2, 0.25) is 11.6 Å². The zero-order chi connectivity index (χ0) is 15.4. The number of benzene rings is 1. The fourth-order valence-corrected chi connectivity index (χ4v) is 1.65. The maximum absolute atomic E-state index is 11.0. The van der Waals surface area contributed by atoms with Crippen molar-refractivity contribution in [2.75, 3.05) is 0 Å². The van der Waals surface area contributed by atoms with Crippen LogP contribution < -0.4 is 10.5 Å². The van der Waals surface area contributed by atoms with Crippen molar-refractivity contribution in [3.63, 3.8) is 0 Å². The molecule has 0 fully saturated rings. The van der Waals surface area contributed by atoms with Gasteiger partial charge in [0.1, 0.15) is 0 Å². The second-order valence-corrected chi connectivity index (χ2v) is 4.37. The molecule has 106 valence electrons. The first-order valence-electron chi connectivity index (χ1n) is 6.09. The number of hydrogen-bond donors (Lipinski definition) is 1. The van der Waals surface area contributed by atoms with Crippen molar-refractivity contribution in [2.45, 2.75) is 13.0 Å². The largest absolute Gasteiger partial charge is 0.432 e. The molecule has 0 unspecified atom stereocenters. The topological polar surface area (TPSA) is 115 Å². The summed E-state index contributed by atoms with van der Waals surface area (Å²) in [6, 6.07) is 8.98. The highest BCUT2D eigenvalue weighted by atomic mass is 16.6. The second-order valence-electron chi connectivity index (χ2n) is 4.37. The predicted molar refractivity (Wildman–Crippen MR) is 74.7 cm³/mol. The molecule has 0 aliphatic heterocycles. The minimum Gasteiger partial charge on any atom is -0.432 e. The van der Waals surface area contributed by atoms with Crippen molar-refractivity contribution < 1.29 is 9.66 Å². The number of pyridine rings is 1. The number of nitriles is 1. The number of nitro benzene ring substituents is 1. The third-order valence-electron chi connectivity index (χ3n) is 2.78. The first kappa shape index (κ1) is 14.4. The van der Waals surface area contributed by atoms with Gasteiger partial charge in [0.15, 0.2) is 0 Å². The third kappa shape index (κ3) is 3.32. The first-order valence-corrected chi connectivity index (χ1v) is 6.09. The number of nitro groups is 1. The molecule has 1 atom stereocenters. The van der Waals surface area contributed by atoms with E-state index in [9.17, 15) is 10.1 Å². The van der Waals surface area contributed by atoms with Crippen LogP contribution in [0, 0.1) is 21.4 Å². The van der Waals surface area contributed by atoms with E-state index in [1.807, 2.05) is 13.0 Å². The van der Waals surface area contributed by atoms with Crippen molar-refractivity contribution in [2.24, 2.45) is 5.73 Å². The molecule has 1 heterocycles. The lowest BCUT2D eigenvalue weighted by atomic mass is 10.2. The number of nitrogens with two attached hydrogens (primary N) is 1. The Balaban J connectivity index is 2.31. The number of nitrogens with zero attached hydrogens (tertiary/aromatic N) is 3. The lowest BCUT2D eigenvalue weighted by molar-refractivity contribution is -0.385. The molecule has 21 heavy (non-hydrogen) atoms. The van der Waals surface area contributed by atoms with E-state index in [1.165, 1.54) is 12.1 Å². The van der Waals surface area contributed by atoms with E-state index in [1.54, 1.807) is 18.3 Å². The Morgan fingerprint density at radius 2 is 2.19 bits per heavy atom. The summed E-state index contributed by atoms with van der Waals surface area (Å²) in [4.78, 5) is 14.4. The van der Waals surface area contributed by atoms with Gasteiger partial charge < -0.3 is 10.5 Å². The molecule has 0 radical (unpaired) electrons. The van der Waals surface area contributed by atoms with Gasteiger partial charge in [0.25, 0.3) is 0 Å². The van der Waals surface area contributed by atoms with Crippen LogP contribution in [0.15, 0.2) is 36.5 Å². The molecule has 0 aliphatic carbocycles. The number of hydrogen-bond acceptors (Lipinski definition) is 6. The van der Waals surface area contributed by atoms with E-state index < -0.39 is 4.92 Å². The fraction of sp³-hybridized carbons (Fsp3) is 0.143. The zero-order valence-corrected chi connectivity index (χ0v) is 11.2. The monoisotopic (exact) mass is 284 g/mol. The smallest absolute Gasteiger partial charge is 0.312 e. The van der Waals surface area contributed by atoms with Crippen LogP contribution in [-0.2, 0) is 0 Å². The van der Waals surface area contributed by atoms with Gasteiger partial charge in [-0.15, -0.1) is 0 Å². The Hall–Kier alpha value is -2.98. The quantitative estimate of drug-likeness (QED) is 0.681. The Labute approximate surface area is 120 Å². The molecule has 0 amide bonds. The van der Waals surface area contributed by atoms with Gasteiger partial charge in [0, 0.05) is 24.4 Å². The van der Waals surface area contributed by atoms with E-state index in [-0.39, 0.29) is 28.9 Å². The average molecular weight is 284 g/mol. The SMILES string of the molecule is C[C@@H](N)c1ccc(Oc2ccc(C#N)cc2[N+](=O)[O-])nc1. The number of rotatable bonds is 4. The van der Waals surface area contributed by atoms with Crippen LogP contribution in [0.25, 0.3) is 0 Å². The van der Waals surface area contributed by atoms with Gasteiger partial charge in [-0.3, -0.25) is 10.1 Å². The maximum atomic E-state index is 11.0. The molecular formula is C14H12N4O3. The van der Waals surface area contributed by atoms with Crippen molar-refractivity contribution in [3.8, 4) is 17.7 Å². The van der Waals surface area contributed by atoms with Gasteiger partial charge in [-0.25, -0.2) is 4.98 Å². The van der Waals surface area contributed by atoms with Crippen LogP contribution >= 0.6 is 0 Å². The molecule has 7 heteroatoms. The summed E-state index contributed by atoms with van der Waals surface area (Å²) in [5, 5.41) is 19.8. The fourth-order valence-electron chi connectivity index (χ4n) is 1.65. The molecule has 7 nitrogen and oxygen atoms in total. The van der Waals surface area contributed by atoms with Crippen LogP contribution in [0.5, 0.6) is 11.6 Å². The molecule has 0 aliphatic rings. The van der Waals surface area contributed by atoms with Gasteiger partial charge in [-0.1, -0.05) is 6.07 Å². The van der Waals surface area contributed by atoms with Crippen LogP contribution in [0.3, 0.4) is 0 Å².